The number of nitrogens with one attached hydrogen (secondary N) is 1. The normalized spacial score (nSPS) is 12.4. The number of hydrogen-bond donors (Lipinski definition) is 1. The fraction of sp³-hybridized carbons (Fsp3) is 0.143. The van der Waals surface area contributed by atoms with Gasteiger partial charge >= 0.3 is 0 Å². The molecule has 0 saturated heterocycles. The van der Waals surface area contributed by atoms with Gasteiger partial charge in [-0.25, -0.2) is 31.1 Å². The van der Waals surface area contributed by atoms with E-state index in [2.05, 4.69) is 9.71 Å². The molecule has 0 amide bonds. The number of aryl methyl sites for hydroxylation is 1. The molecular formula is C21H20N4O4S2. The first-order valence-corrected chi connectivity index (χ1v) is 12.7. The molecular weight excluding hydrogens is 436 g/mol. The predicted molar refractivity (Wildman–Crippen MR) is 118 cm³/mol. The van der Waals surface area contributed by atoms with Gasteiger partial charge in [0.05, 0.1) is 26.9 Å². The standard InChI is InChI=1S/C21H20N4O4S2/c1-14-21(16-6-10-18(11-7-16)31(28,29)22-2)25-20(23-14)13-12-19(24-25)15-4-8-17(9-5-15)30(3,26)27/h4-13,22H,1-3H3. The largest absolute Gasteiger partial charge is 0.240 e. The molecule has 4 aromatic rings. The highest BCUT2D eigenvalue weighted by Crippen LogP contribution is 2.27. The van der Waals surface area contributed by atoms with Crippen LogP contribution in [0.25, 0.3) is 28.2 Å². The van der Waals surface area contributed by atoms with Crippen LogP contribution in [0, 0.1) is 6.92 Å². The molecule has 0 fully saturated rings. The maximum atomic E-state index is 12.0. The van der Waals surface area contributed by atoms with Gasteiger partial charge in [-0.1, -0.05) is 24.3 Å². The topological polar surface area (TPSA) is 110 Å². The number of imidazole rings is 1. The smallest absolute Gasteiger partial charge is 0.232 e. The van der Waals surface area contributed by atoms with Gasteiger partial charge in [0.15, 0.2) is 15.5 Å². The Morgan fingerprint density at radius 2 is 1.39 bits per heavy atom. The Bertz CT molecular complexity index is 1490. The van der Waals surface area contributed by atoms with Crippen molar-refractivity contribution in [3.05, 3.63) is 66.4 Å². The summed E-state index contributed by atoms with van der Waals surface area (Å²) in [5.74, 6) is 0. The number of fused-ring (bicyclic) bond motifs is 1. The Morgan fingerprint density at radius 1 is 0.806 bits per heavy atom. The second-order valence-corrected chi connectivity index (χ2v) is 11.0. The first-order chi connectivity index (χ1) is 14.6. The fourth-order valence-electron chi connectivity index (χ4n) is 3.31. The summed E-state index contributed by atoms with van der Waals surface area (Å²) in [6.07, 6.45) is 1.17. The van der Waals surface area contributed by atoms with E-state index >= 15 is 0 Å². The van der Waals surface area contributed by atoms with Gasteiger partial charge in [0.2, 0.25) is 10.0 Å². The van der Waals surface area contributed by atoms with Crippen LogP contribution in [-0.4, -0.2) is 44.7 Å². The highest BCUT2D eigenvalue weighted by molar-refractivity contribution is 7.90. The fourth-order valence-corrected chi connectivity index (χ4v) is 4.67. The van der Waals surface area contributed by atoms with Gasteiger partial charge in [-0.2, -0.15) is 5.10 Å². The van der Waals surface area contributed by atoms with Gasteiger partial charge in [0, 0.05) is 17.4 Å². The monoisotopic (exact) mass is 456 g/mol. The summed E-state index contributed by atoms with van der Waals surface area (Å²) in [7, 11) is -5.43. The second kappa shape index (κ2) is 7.56. The van der Waals surface area contributed by atoms with Gasteiger partial charge in [0.1, 0.15) is 0 Å². The molecule has 1 N–H and O–H groups in total. The Labute approximate surface area is 180 Å². The molecule has 0 bridgehead atoms. The minimum atomic E-state index is -3.52. The van der Waals surface area contributed by atoms with Crippen molar-refractivity contribution in [1.82, 2.24) is 19.3 Å². The molecule has 0 radical (unpaired) electrons. The van der Waals surface area contributed by atoms with E-state index in [1.54, 1.807) is 40.9 Å². The summed E-state index contributed by atoms with van der Waals surface area (Å²) in [6.45, 7) is 1.86. The molecule has 0 aliphatic heterocycles. The number of rotatable bonds is 5. The molecule has 10 heteroatoms. The minimum absolute atomic E-state index is 0.171. The van der Waals surface area contributed by atoms with Gasteiger partial charge in [-0.05, 0) is 50.4 Å². The van der Waals surface area contributed by atoms with E-state index < -0.39 is 19.9 Å². The molecule has 2 heterocycles. The Kier molecular flexibility index (Phi) is 5.16. The minimum Gasteiger partial charge on any atom is -0.232 e. The Balaban J connectivity index is 1.80. The van der Waals surface area contributed by atoms with E-state index in [9.17, 15) is 16.8 Å². The number of aromatic nitrogens is 3. The first kappa shape index (κ1) is 21.2. The maximum Gasteiger partial charge on any atom is 0.240 e. The number of nitrogens with zero attached hydrogens (tertiary/aromatic N) is 3. The van der Waals surface area contributed by atoms with Crippen LogP contribution in [-0.2, 0) is 19.9 Å². The van der Waals surface area contributed by atoms with E-state index in [0.717, 1.165) is 22.5 Å². The lowest BCUT2D eigenvalue weighted by atomic mass is 10.1. The van der Waals surface area contributed by atoms with Crippen molar-refractivity contribution in [2.24, 2.45) is 0 Å². The lowest BCUT2D eigenvalue weighted by Gasteiger charge is -2.07. The van der Waals surface area contributed by atoms with Gasteiger partial charge < -0.3 is 0 Å². The van der Waals surface area contributed by atoms with Crippen LogP contribution >= 0.6 is 0 Å². The summed E-state index contributed by atoms with van der Waals surface area (Å²) in [5, 5.41) is 4.70. The second-order valence-electron chi connectivity index (χ2n) is 7.06. The van der Waals surface area contributed by atoms with Crippen molar-refractivity contribution in [3.63, 3.8) is 0 Å². The third kappa shape index (κ3) is 3.97. The molecule has 2 aromatic heterocycles. The van der Waals surface area contributed by atoms with Crippen LogP contribution in [0.2, 0.25) is 0 Å². The Morgan fingerprint density at radius 3 is 1.97 bits per heavy atom. The highest BCUT2D eigenvalue weighted by atomic mass is 32.2. The van der Waals surface area contributed by atoms with Gasteiger partial charge in [-0.15, -0.1) is 0 Å². The average molecular weight is 457 g/mol. The molecule has 160 valence electrons. The molecule has 0 spiro atoms. The molecule has 0 aliphatic rings. The van der Waals surface area contributed by atoms with Crippen LogP contribution in [0.1, 0.15) is 5.69 Å². The van der Waals surface area contributed by atoms with Crippen molar-refractivity contribution in [2.45, 2.75) is 16.7 Å². The third-order valence-corrected chi connectivity index (χ3v) is 7.50. The SMILES string of the molecule is CNS(=O)(=O)c1ccc(-c2c(C)nc3ccc(-c4ccc(S(C)(=O)=O)cc4)nn23)cc1. The zero-order valence-corrected chi connectivity index (χ0v) is 18.7. The van der Waals surface area contributed by atoms with Crippen LogP contribution in [0.5, 0.6) is 0 Å². The third-order valence-electron chi connectivity index (χ3n) is 4.94. The van der Waals surface area contributed by atoms with Crippen molar-refractivity contribution in [3.8, 4) is 22.5 Å². The van der Waals surface area contributed by atoms with E-state index in [-0.39, 0.29) is 9.79 Å². The van der Waals surface area contributed by atoms with E-state index in [1.807, 2.05) is 19.1 Å². The maximum absolute atomic E-state index is 12.0. The zero-order chi connectivity index (χ0) is 22.4. The predicted octanol–water partition coefficient (Wildman–Crippen LogP) is 2.68. The quantitative estimate of drug-likeness (QED) is 0.494. The number of hydrogen-bond acceptors (Lipinski definition) is 6. The van der Waals surface area contributed by atoms with E-state index in [1.165, 1.54) is 25.4 Å². The average Bonchev–Trinajstić information content (AvgIpc) is 3.08. The van der Waals surface area contributed by atoms with Crippen LogP contribution in [0.3, 0.4) is 0 Å². The summed E-state index contributed by atoms with van der Waals surface area (Å²) in [4.78, 5) is 4.96. The van der Waals surface area contributed by atoms with Crippen LogP contribution in [0.4, 0.5) is 0 Å². The molecule has 4 rings (SSSR count). The van der Waals surface area contributed by atoms with Crippen molar-refractivity contribution < 1.29 is 16.8 Å². The van der Waals surface area contributed by atoms with Crippen LogP contribution in [0.15, 0.2) is 70.5 Å². The van der Waals surface area contributed by atoms with Gasteiger partial charge in [0.25, 0.3) is 0 Å². The lowest BCUT2D eigenvalue weighted by molar-refractivity contribution is 0.588. The van der Waals surface area contributed by atoms with Crippen molar-refractivity contribution in [1.29, 1.82) is 0 Å². The summed E-state index contributed by atoms with van der Waals surface area (Å²) in [5.41, 5.74) is 4.34. The highest BCUT2D eigenvalue weighted by Gasteiger charge is 2.16. The van der Waals surface area contributed by atoms with E-state index in [4.69, 9.17) is 5.10 Å². The van der Waals surface area contributed by atoms with Crippen LogP contribution < -0.4 is 4.72 Å². The molecule has 0 aliphatic carbocycles. The molecule has 8 nitrogen and oxygen atoms in total. The summed E-state index contributed by atoms with van der Waals surface area (Å²) in [6, 6.07) is 16.7. The molecule has 0 unspecified atom stereocenters. The van der Waals surface area contributed by atoms with Gasteiger partial charge in [-0.3, -0.25) is 0 Å². The molecule has 0 atom stereocenters. The number of sulfonamides is 1. The number of benzene rings is 2. The molecule has 31 heavy (non-hydrogen) atoms. The Hall–Kier alpha value is -3.08. The van der Waals surface area contributed by atoms with E-state index in [0.29, 0.717) is 11.3 Å². The number of sulfone groups is 1. The zero-order valence-electron chi connectivity index (χ0n) is 17.1. The summed E-state index contributed by atoms with van der Waals surface area (Å²) >= 11 is 0. The first-order valence-electron chi connectivity index (χ1n) is 9.31. The summed E-state index contributed by atoms with van der Waals surface area (Å²) < 4.78 is 51.4. The molecule has 2 aromatic carbocycles. The lowest BCUT2D eigenvalue weighted by Crippen LogP contribution is -2.18. The van der Waals surface area contributed by atoms with Crippen molar-refractivity contribution in [2.75, 3.05) is 13.3 Å². The molecule has 0 saturated carbocycles. The van der Waals surface area contributed by atoms with Crippen molar-refractivity contribution >= 4 is 25.5 Å².